The number of ether oxygens (including phenoxy) is 1. The molecule has 136 valence electrons. The fourth-order valence-corrected chi connectivity index (χ4v) is 4.39. The second-order valence-electron chi connectivity index (χ2n) is 5.96. The molecule has 1 unspecified atom stereocenters. The van der Waals surface area contributed by atoms with Crippen LogP contribution in [0.15, 0.2) is 66.1 Å². The largest absolute Gasteiger partial charge is 0.497 e. The van der Waals surface area contributed by atoms with E-state index in [2.05, 4.69) is 21.7 Å². The highest BCUT2D eigenvalue weighted by Crippen LogP contribution is 2.34. The van der Waals surface area contributed by atoms with Crippen LogP contribution >= 0.6 is 35.0 Å². The van der Waals surface area contributed by atoms with E-state index in [0.29, 0.717) is 15.3 Å². The van der Waals surface area contributed by atoms with Gasteiger partial charge in [0.15, 0.2) is 0 Å². The molecule has 0 spiro atoms. The standard InChI is InChI=1S/C20H20Cl2N2OS/c1-25-17-6-2-15(3-7-17)4-8-18(13-24-11-10-23-14-24)26-20-9-5-16(21)12-19(20)22/h2-3,5-7,9-12,14,18H,4,8,13H2,1H3. The minimum absolute atomic E-state index is 0.366. The Kier molecular flexibility index (Phi) is 6.89. The molecule has 0 aliphatic carbocycles. The molecular formula is C20H20Cl2N2OS. The van der Waals surface area contributed by atoms with Crippen molar-refractivity contribution in [1.29, 1.82) is 0 Å². The van der Waals surface area contributed by atoms with Crippen LogP contribution in [0.4, 0.5) is 0 Å². The van der Waals surface area contributed by atoms with E-state index < -0.39 is 0 Å². The minimum Gasteiger partial charge on any atom is -0.497 e. The highest BCUT2D eigenvalue weighted by Gasteiger charge is 2.14. The molecule has 3 nitrogen and oxygen atoms in total. The third-order valence-electron chi connectivity index (χ3n) is 4.08. The average Bonchev–Trinajstić information content (AvgIpc) is 3.15. The van der Waals surface area contributed by atoms with Crippen LogP contribution in [-0.2, 0) is 13.0 Å². The van der Waals surface area contributed by atoms with E-state index in [0.717, 1.165) is 30.0 Å². The fourth-order valence-electron chi connectivity index (χ4n) is 2.69. The number of halogens is 2. The number of benzene rings is 2. The van der Waals surface area contributed by atoms with Crippen LogP contribution in [0.5, 0.6) is 5.75 Å². The Morgan fingerprint density at radius 1 is 1.15 bits per heavy atom. The lowest BCUT2D eigenvalue weighted by Crippen LogP contribution is -2.13. The van der Waals surface area contributed by atoms with Gasteiger partial charge in [0.2, 0.25) is 0 Å². The zero-order valence-electron chi connectivity index (χ0n) is 14.4. The van der Waals surface area contributed by atoms with Crippen molar-refractivity contribution in [3.05, 3.63) is 76.8 Å². The topological polar surface area (TPSA) is 27.1 Å². The lowest BCUT2D eigenvalue weighted by atomic mass is 10.1. The predicted molar refractivity (Wildman–Crippen MR) is 110 cm³/mol. The molecule has 0 saturated heterocycles. The Bertz CT molecular complexity index is 822. The van der Waals surface area contributed by atoms with Crippen LogP contribution in [0.1, 0.15) is 12.0 Å². The number of nitrogens with zero attached hydrogens (tertiary/aromatic N) is 2. The number of thioether (sulfide) groups is 1. The van der Waals surface area contributed by atoms with Gasteiger partial charge in [0.1, 0.15) is 5.75 Å². The second-order valence-corrected chi connectivity index (χ2v) is 8.15. The zero-order valence-corrected chi connectivity index (χ0v) is 16.8. The molecule has 0 fully saturated rings. The molecule has 1 heterocycles. The first-order valence-electron chi connectivity index (χ1n) is 8.34. The van der Waals surface area contributed by atoms with Crippen LogP contribution in [0.2, 0.25) is 10.0 Å². The lowest BCUT2D eigenvalue weighted by molar-refractivity contribution is 0.414. The van der Waals surface area contributed by atoms with E-state index >= 15 is 0 Å². The number of imidazole rings is 1. The van der Waals surface area contributed by atoms with Gasteiger partial charge in [-0.3, -0.25) is 0 Å². The minimum atomic E-state index is 0.366. The molecule has 0 aliphatic rings. The molecule has 0 N–H and O–H groups in total. The van der Waals surface area contributed by atoms with E-state index in [4.69, 9.17) is 27.9 Å². The summed E-state index contributed by atoms with van der Waals surface area (Å²) < 4.78 is 7.33. The lowest BCUT2D eigenvalue weighted by Gasteiger charge is -2.18. The molecule has 1 atom stereocenters. The van der Waals surface area contributed by atoms with Gasteiger partial charge in [0.25, 0.3) is 0 Å². The fraction of sp³-hybridized carbons (Fsp3) is 0.250. The number of aryl methyl sites for hydroxylation is 1. The van der Waals surface area contributed by atoms with E-state index in [-0.39, 0.29) is 0 Å². The monoisotopic (exact) mass is 406 g/mol. The first-order chi connectivity index (χ1) is 12.6. The van der Waals surface area contributed by atoms with Crippen LogP contribution in [0, 0.1) is 0 Å². The van der Waals surface area contributed by atoms with Gasteiger partial charge < -0.3 is 9.30 Å². The van der Waals surface area contributed by atoms with Gasteiger partial charge in [0, 0.05) is 34.1 Å². The van der Waals surface area contributed by atoms with E-state index in [1.807, 2.05) is 36.8 Å². The number of hydrogen-bond acceptors (Lipinski definition) is 3. The van der Waals surface area contributed by atoms with Crippen LogP contribution in [0.3, 0.4) is 0 Å². The average molecular weight is 407 g/mol. The molecule has 3 rings (SSSR count). The molecule has 1 aromatic heterocycles. The normalized spacial score (nSPS) is 12.1. The van der Waals surface area contributed by atoms with Gasteiger partial charge in [-0.15, -0.1) is 11.8 Å². The summed E-state index contributed by atoms with van der Waals surface area (Å²) in [6.07, 6.45) is 7.66. The summed E-state index contributed by atoms with van der Waals surface area (Å²) in [6.45, 7) is 0.875. The smallest absolute Gasteiger partial charge is 0.118 e. The van der Waals surface area contributed by atoms with Crippen LogP contribution in [-0.4, -0.2) is 21.9 Å². The van der Waals surface area contributed by atoms with Gasteiger partial charge in [-0.25, -0.2) is 4.98 Å². The Hall–Kier alpha value is -1.62. The number of rotatable bonds is 8. The summed E-state index contributed by atoms with van der Waals surface area (Å²) in [7, 11) is 1.68. The third kappa shape index (κ3) is 5.44. The molecule has 26 heavy (non-hydrogen) atoms. The summed E-state index contributed by atoms with van der Waals surface area (Å²) in [5.41, 5.74) is 1.30. The molecule has 0 bridgehead atoms. The zero-order chi connectivity index (χ0) is 18.4. The SMILES string of the molecule is COc1ccc(CCC(Cn2ccnc2)Sc2ccc(Cl)cc2Cl)cc1. The van der Waals surface area contributed by atoms with Crippen molar-refractivity contribution < 1.29 is 4.74 Å². The molecule has 0 amide bonds. The predicted octanol–water partition coefficient (Wildman–Crippen LogP) is 5.99. The summed E-state index contributed by atoms with van der Waals surface area (Å²) >= 11 is 14.2. The van der Waals surface area contributed by atoms with Gasteiger partial charge in [0.05, 0.1) is 18.5 Å². The summed E-state index contributed by atoms with van der Waals surface area (Å²) in [4.78, 5) is 5.20. The molecule has 0 radical (unpaired) electrons. The molecular weight excluding hydrogens is 387 g/mol. The van der Waals surface area contributed by atoms with Gasteiger partial charge in [-0.1, -0.05) is 35.3 Å². The summed E-state index contributed by atoms with van der Waals surface area (Å²) in [5, 5.41) is 1.72. The van der Waals surface area contributed by atoms with Crippen molar-refractivity contribution in [3.63, 3.8) is 0 Å². The van der Waals surface area contributed by atoms with Gasteiger partial charge in [-0.2, -0.15) is 0 Å². The van der Waals surface area contributed by atoms with E-state index in [1.165, 1.54) is 5.56 Å². The first kappa shape index (κ1) is 19.2. The van der Waals surface area contributed by atoms with Crippen molar-refractivity contribution in [3.8, 4) is 5.75 Å². The van der Waals surface area contributed by atoms with E-state index in [9.17, 15) is 0 Å². The van der Waals surface area contributed by atoms with Crippen molar-refractivity contribution in [2.45, 2.75) is 29.5 Å². The third-order valence-corrected chi connectivity index (χ3v) is 6.06. The van der Waals surface area contributed by atoms with Crippen molar-refractivity contribution in [2.24, 2.45) is 0 Å². The number of methoxy groups -OCH3 is 1. The highest BCUT2D eigenvalue weighted by atomic mass is 35.5. The Balaban J connectivity index is 1.69. The Labute approximate surface area is 168 Å². The quantitative estimate of drug-likeness (QED) is 0.429. The van der Waals surface area contributed by atoms with Crippen LogP contribution < -0.4 is 4.74 Å². The second kappa shape index (κ2) is 9.36. The Morgan fingerprint density at radius 3 is 2.62 bits per heavy atom. The molecule has 3 aromatic rings. The van der Waals surface area contributed by atoms with E-state index in [1.54, 1.807) is 31.1 Å². The maximum absolute atomic E-state index is 6.37. The van der Waals surface area contributed by atoms with Crippen LogP contribution in [0.25, 0.3) is 0 Å². The van der Waals surface area contributed by atoms with Gasteiger partial charge in [-0.05, 0) is 48.7 Å². The van der Waals surface area contributed by atoms with Crippen molar-refractivity contribution in [2.75, 3.05) is 7.11 Å². The maximum atomic E-state index is 6.37. The first-order valence-corrected chi connectivity index (χ1v) is 9.98. The van der Waals surface area contributed by atoms with Crippen molar-refractivity contribution >= 4 is 35.0 Å². The number of aromatic nitrogens is 2. The maximum Gasteiger partial charge on any atom is 0.118 e. The Morgan fingerprint density at radius 2 is 1.96 bits per heavy atom. The molecule has 6 heteroatoms. The molecule has 2 aromatic carbocycles. The summed E-state index contributed by atoms with van der Waals surface area (Å²) in [6, 6.07) is 13.9. The number of hydrogen-bond donors (Lipinski definition) is 0. The van der Waals surface area contributed by atoms with Crippen molar-refractivity contribution in [1.82, 2.24) is 9.55 Å². The molecule has 0 aliphatic heterocycles. The van der Waals surface area contributed by atoms with Gasteiger partial charge >= 0.3 is 0 Å². The highest BCUT2D eigenvalue weighted by molar-refractivity contribution is 8.00. The summed E-state index contributed by atoms with van der Waals surface area (Å²) in [5.74, 6) is 0.881. The molecule has 0 saturated carbocycles.